The Bertz CT molecular complexity index is 470. The molecule has 1 saturated heterocycles. The largest absolute Gasteiger partial charge is 0.489 e. The highest BCUT2D eigenvalue weighted by Crippen LogP contribution is 2.24. The number of piperidine rings is 1. The maximum Gasteiger partial charge on any atom is 0.193 e. The number of hydrogen-bond acceptors (Lipinski definition) is 2. The second-order valence-electron chi connectivity index (χ2n) is 5.06. The molecule has 1 fully saturated rings. The monoisotopic (exact) mass is 401 g/mol. The van der Waals surface area contributed by atoms with E-state index in [1.54, 1.807) is 0 Å². The first-order chi connectivity index (χ1) is 10.2. The summed E-state index contributed by atoms with van der Waals surface area (Å²) in [6.07, 6.45) is 2.39. The third kappa shape index (κ3) is 4.76. The topological polar surface area (TPSA) is 36.9 Å². The van der Waals surface area contributed by atoms with Crippen molar-refractivity contribution in [1.29, 1.82) is 0 Å². The average molecular weight is 401 g/mol. The number of aliphatic imine (C=N–C) groups is 1. The summed E-state index contributed by atoms with van der Waals surface area (Å²) in [6, 6.07) is 8.21. The van der Waals surface area contributed by atoms with E-state index in [0.29, 0.717) is 6.10 Å². The zero-order valence-corrected chi connectivity index (χ0v) is 15.0. The van der Waals surface area contributed by atoms with Gasteiger partial charge in [0.1, 0.15) is 11.9 Å². The maximum atomic E-state index is 6.14. The molecule has 0 unspecified atom stereocenters. The van der Waals surface area contributed by atoms with Crippen molar-refractivity contribution in [1.82, 2.24) is 10.2 Å². The van der Waals surface area contributed by atoms with Crippen LogP contribution in [0, 0.1) is 3.57 Å². The van der Waals surface area contributed by atoms with Crippen LogP contribution in [0.15, 0.2) is 29.3 Å². The molecular formula is C16H24IN3O. The highest BCUT2D eigenvalue weighted by atomic mass is 127. The first-order valence-electron chi connectivity index (χ1n) is 7.69. The van der Waals surface area contributed by atoms with Gasteiger partial charge in [0.05, 0.1) is 3.57 Å². The fraction of sp³-hybridized carbons (Fsp3) is 0.562. The quantitative estimate of drug-likeness (QED) is 0.479. The van der Waals surface area contributed by atoms with Gasteiger partial charge < -0.3 is 15.0 Å². The summed E-state index contributed by atoms with van der Waals surface area (Å²) in [7, 11) is 0. The number of hydrogen-bond donors (Lipinski definition) is 1. The van der Waals surface area contributed by atoms with Crippen molar-refractivity contribution in [2.45, 2.75) is 32.8 Å². The molecular weight excluding hydrogens is 377 g/mol. The fourth-order valence-electron chi connectivity index (χ4n) is 2.48. The number of nitrogens with one attached hydrogen (secondary N) is 1. The highest BCUT2D eigenvalue weighted by Gasteiger charge is 2.22. The Hall–Kier alpha value is -0.980. The molecule has 0 aliphatic carbocycles. The Morgan fingerprint density at radius 1 is 1.33 bits per heavy atom. The standard InChI is InChI=1S/C16H24IN3O/c1-3-18-16(19-4-2)20-11-9-13(10-12-20)21-15-8-6-5-7-14(15)17/h5-8,13H,3-4,9-12H2,1-2H3,(H,18,19). The van der Waals surface area contributed by atoms with Crippen LogP contribution < -0.4 is 10.1 Å². The molecule has 0 spiro atoms. The fourth-order valence-corrected chi connectivity index (χ4v) is 3.00. The number of benzene rings is 1. The van der Waals surface area contributed by atoms with E-state index in [9.17, 15) is 0 Å². The molecule has 116 valence electrons. The minimum atomic E-state index is 0.307. The normalized spacial score (nSPS) is 16.9. The summed E-state index contributed by atoms with van der Waals surface area (Å²) in [4.78, 5) is 6.89. The second-order valence-corrected chi connectivity index (χ2v) is 6.23. The molecule has 0 bridgehead atoms. The van der Waals surface area contributed by atoms with E-state index in [4.69, 9.17) is 4.74 Å². The van der Waals surface area contributed by atoms with Crippen molar-refractivity contribution in [3.05, 3.63) is 27.8 Å². The van der Waals surface area contributed by atoms with E-state index in [2.05, 4.69) is 63.8 Å². The van der Waals surface area contributed by atoms with E-state index in [1.807, 2.05) is 12.1 Å². The van der Waals surface area contributed by atoms with Crippen LogP contribution in [0.3, 0.4) is 0 Å². The lowest BCUT2D eigenvalue weighted by atomic mass is 10.1. The highest BCUT2D eigenvalue weighted by molar-refractivity contribution is 14.1. The number of halogens is 1. The van der Waals surface area contributed by atoms with Gasteiger partial charge in [-0.25, -0.2) is 0 Å². The predicted molar refractivity (Wildman–Crippen MR) is 96.0 cm³/mol. The van der Waals surface area contributed by atoms with Crippen LogP contribution in [0.25, 0.3) is 0 Å². The van der Waals surface area contributed by atoms with Crippen molar-refractivity contribution in [2.75, 3.05) is 26.2 Å². The van der Waals surface area contributed by atoms with Crippen molar-refractivity contribution in [3.8, 4) is 5.75 Å². The molecule has 2 rings (SSSR count). The predicted octanol–water partition coefficient (Wildman–Crippen LogP) is 3.12. The van der Waals surface area contributed by atoms with Gasteiger partial charge >= 0.3 is 0 Å². The lowest BCUT2D eigenvalue weighted by molar-refractivity contribution is 0.128. The Labute approximate surface area is 141 Å². The molecule has 0 radical (unpaired) electrons. The molecule has 5 heteroatoms. The van der Waals surface area contributed by atoms with Crippen LogP contribution in [0.4, 0.5) is 0 Å². The maximum absolute atomic E-state index is 6.14. The number of guanidine groups is 1. The Morgan fingerprint density at radius 3 is 2.67 bits per heavy atom. The average Bonchev–Trinajstić information content (AvgIpc) is 2.50. The van der Waals surface area contributed by atoms with Crippen LogP contribution >= 0.6 is 22.6 Å². The van der Waals surface area contributed by atoms with Gasteiger partial charge in [0.15, 0.2) is 5.96 Å². The lowest BCUT2D eigenvalue weighted by Crippen LogP contribution is -2.47. The summed E-state index contributed by atoms with van der Waals surface area (Å²) in [5, 5.41) is 3.36. The first kappa shape index (κ1) is 16.4. The third-order valence-electron chi connectivity index (χ3n) is 3.51. The van der Waals surface area contributed by atoms with Crippen LogP contribution in [0.1, 0.15) is 26.7 Å². The molecule has 1 aliphatic rings. The van der Waals surface area contributed by atoms with Gasteiger partial charge in [0, 0.05) is 39.0 Å². The zero-order valence-electron chi connectivity index (χ0n) is 12.8. The molecule has 0 aromatic heterocycles. The van der Waals surface area contributed by atoms with Crippen LogP contribution in [-0.4, -0.2) is 43.1 Å². The number of para-hydroxylation sites is 1. The summed E-state index contributed by atoms with van der Waals surface area (Å²) < 4.78 is 7.32. The molecule has 0 atom stereocenters. The number of ether oxygens (including phenoxy) is 1. The SMILES string of the molecule is CCN=C(NCC)N1CCC(Oc2ccccc2I)CC1. The van der Waals surface area contributed by atoms with Gasteiger partial charge in [-0.1, -0.05) is 12.1 Å². The minimum Gasteiger partial charge on any atom is -0.489 e. The lowest BCUT2D eigenvalue weighted by Gasteiger charge is -2.34. The number of nitrogens with zero attached hydrogens (tertiary/aromatic N) is 2. The number of rotatable bonds is 4. The Kier molecular flexibility index (Phi) is 6.60. The summed E-state index contributed by atoms with van der Waals surface area (Å²) >= 11 is 2.33. The second kappa shape index (κ2) is 8.46. The Balaban J connectivity index is 1.88. The van der Waals surface area contributed by atoms with Crippen LogP contribution in [0.5, 0.6) is 5.75 Å². The molecule has 4 nitrogen and oxygen atoms in total. The molecule has 0 amide bonds. The third-order valence-corrected chi connectivity index (χ3v) is 4.41. The molecule has 1 N–H and O–H groups in total. The molecule has 21 heavy (non-hydrogen) atoms. The summed E-state index contributed by atoms with van der Waals surface area (Å²) in [5.74, 6) is 2.04. The van der Waals surface area contributed by atoms with Gasteiger partial charge in [-0.15, -0.1) is 0 Å². The minimum absolute atomic E-state index is 0.307. The first-order valence-corrected chi connectivity index (χ1v) is 8.77. The van der Waals surface area contributed by atoms with E-state index >= 15 is 0 Å². The smallest absolute Gasteiger partial charge is 0.193 e. The summed E-state index contributed by atoms with van der Waals surface area (Å²) in [6.45, 7) is 7.92. The van der Waals surface area contributed by atoms with Gasteiger partial charge in [-0.2, -0.15) is 0 Å². The van der Waals surface area contributed by atoms with Gasteiger partial charge in [0.2, 0.25) is 0 Å². The molecule has 1 aliphatic heterocycles. The molecule has 1 heterocycles. The zero-order chi connectivity index (χ0) is 15.1. The van der Waals surface area contributed by atoms with E-state index < -0.39 is 0 Å². The summed E-state index contributed by atoms with van der Waals surface area (Å²) in [5.41, 5.74) is 0. The van der Waals surface area contributed by atoms with Gasteiger partial charge in [-0.3, -0.25) is 4.99 Å². The molecule has 0 saturated carbocycles. The van der Waals surface area contributed by atoms with Crippen molar-refractivity contribution < 1.29 is 4.74 Å². The van der Waals surface area contributed by atoms with Crippen LogP contribution in [-0.2, 0) is 0 Å². The van der Waals surface area contributed by atoms with E-state index in [-0.39, 0.29) is 0 Å². The van der Waals surface area contributed by atoms with Gasteiger partial charge in [0.25, 0.3) is 0 Å². The Morgan fingerprint density at radius 2 is 2.05 bits per heavy atom. The van der Waals surface area contributed by atoms with Crippen molar-refractivity contribution in [2.24, 2.45) is 4.99 Å². The molecule has 1 aromatic rings. The van der Waals surface area contributed by atoms with Gasteiger partial charge in [-0.05, 0) is 48.6 Å². The molecule has 1 aromatic carbocycles. The van der Waals surface area contributed by atoms with Crippen LogP contribution in [0.2, 0.25) is 0 Å². The van der Waals surface area contributed by atoms with E-state index in [0.717, 1.165) is 50.7 Å². The van der Waals surface area contributed by atoms with E-state index in [1.165, 1.54) is 3.57 Å². The number of likely N-dealkylation sites (tertiary alicyclic amines) is 1. The van der Waals surface area contributed by atoms with Crippen molar-refractivity contribution >= 4 is 28.6 Å². The van der Waals surface area contributed by atoms with Crippen molar-refractivity contribution in [3.63, 3.8) is 0 Å².